The maximum absolute atomic E-state index is 5.67. The van der Waals surface area contributed by atoms with Gasteiger partial charge in [0, 0.05) is 70.8 Å². The molecule has 3 aromatic rings. The predicted octanol–water partition coefficient (Wildman–Crippen LogP) is 9.52. The molecule has 6 heterocycles. The van der Waals surface area contributed by atoms with Gasteiger partial charge in [-0.2, -0.15) is 0 Å². The molecule has 0 saturated carbocycles. The molecule has 7 nitrogen and oxygen atoms in total. The number of hydrogen-bond donors (Lipinski definition) is 4. The second kappa shape index (κ2) is 29.2. The van der Waals surface area contributed by atoms with E-state index in [1.165, 1.54) is 53.2 Å². The number of fused-ring (bicyclic) bond motifs is 2. The monoisotopic (exact) mass is 784 g/mol. The molecule has 0 saturated heterocycles. The highest BCUT2D eigenvalue weighted by molar-refractivity contribution is 7.84. The Morgan fingerprint density at radius 3 is 1.80 bits per heavy atom. The van der Waals surface area contributed by atoms with Crippen molar-refractivity contribution in [2.45, 2.75) is 113 Å². The van der Waals surface area contributed by atoms with E-state index in [2.05, 4.69) is 82.8 Å². The van der Waals surface area contributed by atoms with E-state index in [1.54, 1.807) is 4.88 Å². The van der Waals surface area contributed by atoms with Gasteiger partial charge in [-0.05, 0) is 93.1 Å². The first-order valence-corrected chi connectivity index (χ1v) is 21.6. The lowest BCUT2D eigenvalue weighted by Crippen LogP contribution is -2.28. The Balaban J connectivity index is 0.000000623. The van der Waals surface area contributed by atoms with Crippen LogP contribution in [-0.2, 0) is 46.5 Å². The SMILES string of the molecule is CC.CC.CC1=C(S)CCOC1CN.CCc1cc(C)c(C)s1.CCc1cc2c(s1)CCOC2.CN(C)c1cc2c(s1)CCOC2CN.CNC. The zero-order valence-corrected chi connectivity index (χ0v) is 37.5. The van der Waals surface area contributed by atoms with Crippen molar-refractivity contribution in [1.29, 1.82) is 0 Å². The Hall–Kier alpha value is -1.25. The first kappa shape index (κ1) is 49.8. The van der Waals surface area contributed by atoms with Crippen LogP contribution in [0.2, 0.25) is 0 Å². The second-order valence-electron chi connectivity index (χ2n) is 11.8. The Morgan fingerprint density at radius 1 is 0.784 bits per heavy atom. The van der Waals surface area contributed by atoms with Crippen LogP contribution in [0.3, 0.4) is 0 Å². The van der Waals surface area contributed by atoms with Crippen molar-refractivity contribution < 1.29 is 14.2 Å². The Labute approximate surface area is 329 Å². The second-order valence-corrected chi connectivity index (χ2v) is 16.0. The van der Waals surface area contributed by atoms with Gasteiger partial charge in [-0.15, -0.1) is 46.6 Å². The summed E-state index contributed by atoms with van der Waals surface area (Å²) in [7, 11) is 7.88. The first-order valence-electron chi connectivity index (χ1n) is 18.7. The van der Waals surface area contributed by atoms with E-state index in [0.29, 0.717) is 13.1 Å². The van der Waals surface area contributed by atoms with Crippen molar-refractivity contribution in [3.63, 3.8) is 0 Å². The zero-order valence-electron chi connectivity index (χ0n) is 34.2. The smallest absolute Gasteiger partial charge is 0.0958 e. The lowest BCUT2D eigenvalue weighted by atomic mass is 10.1. The number of aryl methyl sites for hydroxylation is 4. The fourth-order valence-electron chi connectivity index (χ4n) is 4.95. The molecule has 0 bridgehead atoms. The van der Waals surface area contributed by atoms with Crippen LogP contribution in [0, 0.1) is 13.8 Å². The van der Waals surface area contributed by atoms with Crippen LogP contribution in [0.5, 0.6) is 0 Å². The molecule has 0 spiro atoms. The quantitative estimate of drug-likeness (QED) is 0.192. The van der Waals surface area contributed by atoms with Crippen LogP contribution < -0.4 is 21.7 Å². The third kappa shape index (κ3) is 17.6. The van der Waals surface area contributed by atoms with Gasteiger partial charge in [0.1, 0.15) is 0 Å². The Kier molecular flexibility index (Phi) is 28.4. The summed E-state index contributed by atoms with van der Waals surface area (Å²) in [6.07, 6.45) is 5.66. The number of nitrogens with one attached hydrogen (secondary N) is 1. The van der Waals surface area contributed by atoms with Crippen molar-refractivity contribution >= 4 is 51.6 Å². The molecular weight excluding hydrogens is 713 g/mol. The minimum absolute atomic E-state index is 0.112. The first-order chi connectivity index (χ1) is 24.5. The van der Waals surface area contributed by atoms with Crippen LogP contribution >= 0.6 is 46.6 Å². The average molecular weight is 785 g/mol. The standard InChI is InChI=1S/C10H16N2OS.C9H12OS.C8H12S.C7H13NOS.C2H7N.2C2H6/c1-12(2)10-5-7-8(6-11)13-4-3-9(7)14-10;1-2-8-5-7-6-10-4-3-9(7)11-8;1-4-8-5-6(2)7(3)9-8;1-5-6(4-8)9-3-2-7(5)10;1-3-2;2*1-2/h5,8H,3-4,6,11H2,1-2H3;5H,2-4,6H2,1H3;5H,4H2,1-3H3;6,10H,2-4,8H2,1H3;3H,1-2H3;2*1-2H3. The summed E-state index contributed by atoms with van der Waals surface area (Å²) in [5, 5.41) is 4.04. The number of ether oxygens (including phenoxy) is 3. The van der Waals surface area contributed by atoms with Gasteiger partial charge < -0.3 is 35.9 Å². The molecular formula is C40H72N4O3S4. The van der Waals surface area contributed by atoms with Gasteiger partial charge in [0.25, 0.3) is 0 Å². The molecule has 0 aliphatic carbocycles. The molecule has 3 aliphatic rings. The molecule has 3 aliphatic heterocycles. The van der Waals surface area contributed by atoms with Gasteiger partial charge >= 0.3 is 0 Å². The van der Waals surface area contributed by atoms with Crippen LogP contribution in [0.4, 0.5) is 5.00 Å². The van der Waals surface area contributed by atoms with Crippen molar-refractivity contribution in [2.75, 3.05) is 66.0 Å². The third-order valence-electron chi connectivity index (χ3n) is 7.88. The van der Waals surface area contributed by atoms with Gasteiger partial charge in [0.05, 0.1) is 43.6 Å². The number of nitrogens with zero attached hydrogens (tertiary/aromatic N) is 1. The van der Waals surface area contributed by atoms with E-state index in [9.17, 15) is 0 Å². The highest BCUT2D eigenvalue weighted by Crippen LogP contribution is 2.37. The Bertz CT molecular complexity index is 1310. The molecule has 3 aromatic heterocycles. The average Bonchev–Trinajstić information content (AvgIpc) is 3.88. The molecule has 6 rings (SSSR count). The van der Waals surface area contributed by atoms with Crippen molar-refractivity contribution in [3.05, 3.63) is 69.8 Å². The lowest BCUT2D eigenvalue weighted by molar-refractivity contribution is 0.0498. The largest absolute Gasteiger partial charge is 0.376 e. The van der Waals surface area contributed by atoms with Gasteiger partial charge in [0.15, 0.2) is 0 Å². The summed E-state index contributed by atoms with van der Waals surface area (Å²) in [5.74, 6) is 0. The van der Waals surface area contributed by atoms with Crippen molar-refractivity contribution in [3.8, 4) is 0 Å². The fourth-order valence-corrected chi connectivity index (χ4v) is 8.39. The molecule has 2 atom stereocenters. The Morgan fingerprint density at radius 2 is 1.33 bits per heavy atom. The molecule has 5 N–H and O–H groups in total. The number of anilines is 1. The molecule has 0 radical (unpaired) electrons. The summed E-state index contributed by atoms with van der Waals surface area (Å²) in [6.45, 7) is 23.3. The third-order valence-corrected chi connectivity index (χ3v) is 12.5. The minimum Gasteiger partial charge on any atom is -0.376 e. The van der Waals surface area contributed by atoms with Gasteiger partial charge in [-0.3, -0.25) is 0 Å². The molecule has 294 valence electrons. The molecule has 0 fully saturated rings. The normalized spacial score (nSPS) is 16.9. The summed E-state index contributed by atoms with van der Waals surface area (Å²) in [5.41, 5.74) is 16.5. The number of rotatable bonds is 5. The predicted molar refractivity (Wildman–Crippen MR) is 233 cm³/mol. The van der Waals surface area contributed by atoms with E-state index in [-0.39, 0.29) is 12.2 Å². The van der Waals surface area contributed by atoms with Gasteiger partial charge in [0.2, 0.25) is 0 Å². The fraction of sp³-hybridized carbons (Fsp3) is 0.650. The summed E-state index contributed by atoms with van der Waals surface area (Å²) in [4.78, 5) is 10.7. The van der Waals surface area contributed by atoms with Gasteiger partial charge in [-0.1, -0.05) is 41.5 Å². The zero-order chi connectivity index (χ0) is 38.9. The summed E-state index contributed by atoms with van der Waals surface area (Å²) in [6, 6.07) is 6.77. The molecule has 11 heteroatoms. The molecule has 2 unspecified atom stereocenters. The molecule has 51 heavy (non-hydrogen) atoms. The van der Waals surface area contributed by atoms with E-state index in [4.69, 9.17) is 25.7 Å². The van der Waals surface area contributed by atoms with Crippen LogP contribution in [0.1, 0.15) is 102 Å². The van der Waals surface area contributed by atoms with E-state index in [1.807, 2.05) is 82.7 Å². The summed E-state index contributed by atoms with van der Waals surface area (Å²) >= 11 is 10.0. The maximum atomic E-state index is 5.67. The number of thiol groups is 1. The van der Waals surface area contributed by atoms with Gasteiger partial charge in [-0.25, -0.2) is 0 Å². The molecule has 0 aromatic carbocycles. The number of nitrogens with two attached hydrogens (primary N) is 2. The summed E-state index contributed by atoms with van der Waals surface area (Å²) < 4.78 is 16.3. The minimum atomic E-state index is 0.112. The van der Waals surface area contributed by atoms with Crippen LogP contribution in [0.15, 0.2) is 28.7 Å². The van der Waals surface area contributed by atoms with Crippen molar-refractivity contribution in [2.24, 2.45) is 11.5 Å². The topological polar surface area (TPSA) is 95.0 Å². The van der Waals surface area contributed by atoms with Crippen LogP contribution in [-0.4, -0.2) is 67.2 Å². The highest BCUT2D eigenvalue weighted by atomic mass is 32.1. The lowest BCUT2D eigenvalue weighted by Gasteiger charge is -2.23. The van der Waals surface area contributed by atoms with Crippen LogP contribution in [0.25, 0.3) is 0 Å². The molecule has 0 amide bonds. The number of hydrogen-bond acceptors (Lipinski definition) is 11. The van der Waals surface area contributed by atoms with E-state index < -0.39 is 0 Å². The number of thiophene rings is 3. The maximum Gasteiger partial charge on any atom is 0.0958 e. The van der Waals surface area contributed by atoms with Crippen molar-refractivity contribution in [1.82, 2.24) is 5.32 Å². The highest BCUT2D eigenvalue weighted by Gasteiger charge is 2.23. The van der Waals surface area contributed by atoms with E-state index >= 15 is 0 Å². The van der Waals surface area contributed by atoms with E-state index in [0.717, 1.165) is 57.0 Å².